The molecule has 1 rings (SSSR count). The summed E-state index contributed by atoms with van der Waals surface area (Å²) < 4.78 is 0. The summed E-state index contributed by atoms with van der Waals surface area (Å²) in [5.41, 5.74) is 0.363. The van der Waals surface area contributed by atoms with Gasteiger partial charge in [-0.05, 0) is 6.07 Å². The molecule has 1 aromatic rings. The molecule has 0 aliphatic carbocycles. The van der Waals surface area contributed by atoms with Crippen molar-refractivity contribution in [3.63, 3.8) is 0 Å². The van der Waals surface area contributed by atoms with Gasteiger partial charge in [0, 0.05) is 0 Å². The first-order valence-electron chi connectivity index (χ1n) is 3.96. The van der Waals surface area contributed by atoms with Crippen molar-refractivity contribution in [2.45, 2.75) is 6.42 Å². The number of carbonyl (C=O) groups is 1. The molecule has 0 saturated heterocycles. The number of nitriles is 1. The molecule has 0 unspecified atom stereocenters. The average Bonchev–Trinajstić information content (AvgIpc) is 2.62. The maximum absolute atomic E-state index is 10.6. The smallest absolute Gasteiger partial charge is 0.297 e. The van der Waals surface area contributed by atoms with E-state index in [-0.39, 0.29) is 11.4 Å². The van der Waals surface area contributed by atoms with Crippen LogP contribution in [0, 0.1) is 21.4 Å². The molecule has 0 spiro atoms. The molecule has 0 aliphatic rings. The van der Waals surface area contributed by atoms with Crippen LogP contribution in [0.25, 0.3) is 6.08 Å². The van der Waals surface area contributed by atoms with Crippen molar-refractivity contribution >= 4 is 28.7 Å². The highest BCUT2D eigenvalue weighted by Crippen LogP contribution is 2.30. The zero-order valence-electron chi connectivity index (χ0n) is 7.54. The number of thiophene rings is 1. The molecular weight excluding hydrogens is 216 g/mol. The minimum absolute atomic E-state index is 0.0775. The van der Waals surface area contributed by atoms with Gasteiger partial charge in [-0.2, -0.15) is 5.26 Å². The van der Waals surface area contributed by atoms with Gasteiger partial charge in [0.15, 0.2) is 6.29 Å². The maximum atomic E-state index is 10.6. The van der Waals surface area contributed by atoms with E-state index in [9.17, 15) is 14.9 Å². The molecule has 0 radical (unpaired) electrons. The molecule has 1 heterocycles. The van der Waals surface area contributed by atoms with Crippen LogP contribution < -0.4 is 0 Å². The van der Waals surface area contributed by atoms with E-state index in [0.29, 0.717) is 16.7 Å². The second-order valence-electron chi connectivity index (χ2n) is 2.55. The highest BCUT2D eigenvalue weighted by Gasteiger charge is 2.16. The quantitative estimate of drug-likeness (QED) is 0.444. The van der Waals surface area contributed by atoms with Gasteiger partial charge in [-0.1, -0.05) is 23.5 Å². The number of carbonyl (C=O) groups excluding carboxylic acids is 1. The molecule has 0 fully saturated rings. The van der Waals surface area contributed by atoms with Gasteiger partial charge in [0.25, 0.3) is 0 Å². The Morgan fingerprint density at radius 1 is 1.67 bits per heavy atom. The fourth-order valence-corrected chi connectivity index (χ4v) is 1.75. The van der Waals surface area contributed by atoms with Crippen molar-refractivity contribution in [2.75, 3.05) is 0 Å². The third-order valence-electron chi connectivity index (χ3n) is 1.55. The molecular formula is C9H6N2O3S. The van der Waals surface area contributed by atoms with Gasteiger partial charge in [0.1, 0.15) is 0 Å². The van der Waals surface area contributed by atoms with Gasteiger partial charge >= 0.3 is 5.00 Å². The van der Waals surface area contributed by atoms with Crippen LogP contribution in [0.15, 0.2) is 12.1 Å². The number of allylic oxidation sites excluding steroid dienone is 1. The average molecular weight is 222 g/mol. The van der Waals surface area contributed by atoms with E-state index in [1.54, 1.807) is 0 Å². The Morgan fingerprint density at radius 3 is 2.93 bits per heavy atom. The van der Waals surface area contributed by atoms with E-state index in [1.807, 2.05) is 6.07 Å². The lowest BCUT2D eigenvalue weighted by Crippen LogP contribution is -1.84. The van der Waals surface area contributed by atoms with E-state index >= 15 is 0 Å². The number of aldehydes is 1. The van der Waals surface area contributed by atoms with Gasteiger partial charge < -0.3 is 0 Å². The molecule has 76 valence electrons. The summed E-state index contributed by atoms with van der Waals surface area (Å²) >= 11 is 0.824. The summed E-state index contributed by atoms with van der Waals surface area (Å²) in [6.45, 7) is 0. The lowest BCUT2D eigenvalue weighted by Gasteiger charge is -1.86. The zero-order valence-corrected chi connectivity index (χ0v) is 8.36. The lowest BCUT2D eigenvalue weighted by atomic mass is 10.2. The molecule has 0 aromatic carbocycles. The highest BCUT2D eigenvalue weighted by atomic mass is 32.1. The Kier molecular flexibility index (Phi) is 3.71. The van der Waals surface area contributed by atoms with Crippen LogP contribution in [0.3, 0.4) is 0 Å². The van der Waals surface area contributed by atoms with Crippen LogP contribution in [0.5, 0.6) is 0 Å². The van der Waals surface area contributed by atoms with Crippen LogP contribution >= 0.6 is 11.3 Å². The molecule has 0 atom stereocenters. The number of hydrogen-bond acceptors (Lipinski definition) is 5. The van der Waals surface area contributed by atoms with Crippen LogP contribution in [0.1, 0.15) is 21.7 Å². The van der Waals surface area contributed by atoms with Crippen LogP contribution in [0.4, 0.5) is 5.00 Å². The van der Waals surface area contributed by atoms with Gasteiger partial charge in [-0.3, -0.25) is 14.9 Å². The van der Waals surface area contributed by atoms with Crippen molar-refractivity contribution in [3.05, 3.63) is 32.7 Å². The topological polar surface area (TPSA) is 84.0 Å². The fraction of sp³-hybridized carbons (Fsp3) is 0.111. The monoisotopic (exact) mass is 222 g/mol. The van der Waals surface area contributed by atoms with Crippen molar-refractivity contribution < 1.29 is 9.72 Å². The first-order chi connectivity index (χ1) is 7.19. The molecule has 0 saturated carbocycles. The molecule has 0 bridgehead atoms. The maximum Gasteiger partial charge on any atom is 0.331 e. The molecule has 0 amide bonds. The van der Waals surface area contributed by atoms with Gasteiger partial charge in [0.2, 0.25) is 0 Å². The van der Waals surface area contributed by atoms with Gasteiger partial charge in [-0.15, -0.1) is 0 Å². The Balaban J connectivity index is 3.05. The minimum atomic E-state index is -0.538. The molecule has 5 nitrogen and oxygen atoms in total. The summed E-state index contributed by atoms with van der Waals surface area (Å²) in [6, 6.07) is 3.32. The summed E-state index contributed by atoms with van der Waals surface area (Å²) in [5.74, 6) is 0. The number of rotatable bonds is 4. The predicted octanol–water partition coefficient (Wildman–Crippen LogP) is 2.40. The van der Waals surface area contributed by atoms with E-state index in [2.05, 4.69) is 0 Å². The van der Waals surface area contributed by atoms with Crippen LogP contribution in [-0.4, -0.2) is 11.2 Å². The van der Waals surface area contributed by atoms with E-state index in [0.717, 1.165) is 11.3 Å². The third-order valence-corrected chi connectivity index (χ3v) is 2.58. The first-order valence-corrected chi connectivity index (χ1v) is 4.77. The molecule has 6 heteroatoms. The van der Waals surface area contributed by atoms with Crippen molar-refractivity contribution in [1.82, 2.24) is 0 Å². The Labute approximate surface area is 89.4 Å². The minimum Gasteiger partial charge on any atom is -0.297 e. The Bertz CT molecular complexity index is 456. The van der Waals surface area contributed by atoms with E-state index in [1.165, 1.54) is 18.2 Å². The van der Waals surface area contributed by atoms with Crippen molar-refractivity contribution in [1.29, 1.82) is 5.26 Å². The summed E-state index contributed by atoms with van der Waals surface area (Å²) in [5, 5.41) is 18.8. The molecule has 15 heavy (non-hydrogen) atoms. The van der Waals surface area contributed by atoms with E-state index < -0.39 is 4.92 Å². The van der Waals surface area contributed by atoms with Crippen LogP contribution in [0.2, 0.25) is 0 Å². The second kappa shape index (κ2) is 5.02. The predicted molar refractivity (Wildman–Crippen MR) is 55.6 cm³/mol. The summed E-state index contributed by atoms with van der Waals surface area (Å²) in [6.07, 6.45) is 3.75. The third kappa shape index (κ3) is 2.72. The standard InChI is InChI=1S/C9H6N2O3S/c10-4-2-1-3-7-5-8(6-12)15-9(7)11(13)14/h1,3,5-6H,2H2. The SMILES string of the molecule is N#CCC=Cc1cc(C=O)sc1[N+](=O)[O-]. The summed E-state index contributed by atoms with van der Waals surface area (Å²) in [7, 11) is 0. The van der Waals surface area contributed by atoms with Crippen molar-refractivity contribution in [2.24, 2.45) is 0 Å². The lowest BCUT2D eigenvalue weighted by molar-refractivity contribution is -0.380. The number of hydrogen-bond donors (Lipinski definition) is 0. The Morgan fingerprint density at radius 2 is 2.40 bits per heavy atom. The number of nitrogens with zero attached hydrogens (tertiary/aromatic N) is 2. The molecule has 1 aromatic heterocycles. The van der Waals surface area contributed by atoms with Crippen molar-refractivity contribution in [3.8, 4) is 6.07 Å². The highest BCUT2D eigenvalue weighted by molar-refractivity contribution is 7.17. The second-order valence-corrected chi connectivity index (χ2v) is 3.61. The zero-order chi connectivity index (χ0) is 11.3. The first kappa shape index (κ1) is 11.1. The van der Waals surface area contributed by atoms with Gasteiger partial charge in [-0.25, -0.2) is 0 Å². The largest absolute Gasteiger partial charge is 0.331 e. The van der Waals surface area contributed by atoms with Gasteiger partial charge in [0.05, 0.1) is 27.9 Å². The number of nitro groups is 1. The van der Waals surface area contributed by atoms with E-state index in [4.69, 9.17) is 5.26 Å². The molecule has 0 aliphatic heterocycles. The summed E-state index contributed by atoms with van der Waals surface area (Å²) in [4.78, 5) is 20.8. The molecule has 0 N–H and O–H groups in total. The normalized spacial score (nSPS) is 10.1. The Hall–Kier alpha value is -2.00. The fourth-order valence-electron chi connectivity index (χ4n) is 0.974. The van der Waals surface area contributed by atoms with Crippen LogP contribution in [-0.2, 0) is 0 Å².